The van der Waals surface area contributed by atoms with Gasteiger partial charge in [0.2, 0.25) is 5.91 Å². The van der Waals surface area contributed by atoms with E-state index in [0.717, 1.165) is 41.8 Å². The number of piperidine rings is 1. The number of amides is 1. The summed E-state index contributed by atoms with van der Waals surface area (Å²) in [5.74, 6) is 0.963. The van der Waals surface area contributed by atoms with Crippen LogP contribution in [0.4, 0.5) is 13.2 Å². The summed E-state index contributed by atoms with van der Waals surface area (Å²) in [6, 6.07) is 18.5. The van der Waals surface area contributed by atoms with Gasteiger partial charge in [0.25, 0.3) is 0 Å². The number of methoxy groups -OCH3 is 1. The molecular weight excluding hydrogens is 617 g/mol. The molecule has 4 aliphatic rings. The molecule has 2 unspecified atom stereocenters. The average molecular weight is 659 g/mol. The Morgan fingerprint density at radius 1 is 1.15 bits per heavy atom. The van der Waals surface area contributed by atoms with E-state index < -0.39 is 28.9 Å². The molecule has 1 N–H and O–H groups in total. The lowest BCUT2D eigenvalue weighted by atomic mass is 9.48. The fourth-order valence-corrected chi connectivity index (χ4v) is 9.08. The van der Waals surface area contributed by atoms with Crippen molar-refractivity contribution in [3.63, 3.8) is 0 Å². The minimum absolute atomic E-state index is 0.133. The second kappa shape index (κ2) is 12.4. The molecule has 3 aromatic carbocycles. The first-order valence-corrected chi connectivity index (χ1v) is 16.7. The van der Waals surface area contributed by atoms with E-state index in [4.69, 9.17) is 9.47 Å². The van der Waals surface area contributed by atoms with Crippen molar-refractivity contribution in [1.29, 1.82) is 0 Å². The first-order valence-electron chi connectivity index (χ1n) is 16.7. The minimum atomic E-state index is -4.48. The van der Waals surface area contributed by atoms with E-state index in [0.29, 0.717) is 62.3 Å². The Morgan fingerprint density at radius 2 is 1.96 bits per heavy atom. The number of nitrogens with zero attached hydrogens (tertiary/aromatic N) is 2. The summed E-state index contributed by atoms with van der Waals surface area (Å²) in [6.07, 6.45) is 3.46. The molecule has 1 spiro atoms. The summed E-state index contributed by atoms with van der Waals surface area (Å²) in [5.41, 5.74) is 0.977. The van der Waals surface area contributed by atoms with Crippen LogP contribution in [0, 0.1) is 0 Å². The molecule has 2 aliphatic carbocycles. The van der Waals surface area contributed by atoms with E-state index in [2.05, 4.69) is 29.7 Å². The lowest BCUT2D eigenvalue weighted by Crippen LogP contribution is -2.78. The van der Waals surface area contributed by atoms with Crippen molar-refractivity contribution in [1.82, 2.24) is 9.80 Å². The number of carbonyl (C=O) groups excluding carboxylic acids is 1. The number of carbonyl (C=O) groups is 1. The number of hydrogen-bond donors (Lipinski definition) is 1. The highest BCUT2D eigenvalue weighted by Crippen LogP contribution is 2.66. The molecule has 2 fully saturated rings. The van der Waals surface area contributed by atoms with Crippen molar-refractivity contribution in [2.45, 2.75) is 73.9 Å². The Hall–Kier alpha value is -4.08. The van der Waals surface area contributed by atoms with Crippen molar-refractivity contribution in [3.8, 4) is 11.5 Å². The molecule has 252 valence electrons. The number of ether oxygens (including phenoxy) is 2. The number of halogens is 3. The fourth-order valence-electron chi connectivity index (χ4n) is 9.08. The third-order valence-corrected chi connectivity index (χ3v) is 11.1. The smallest absolute Gasteiger partial charge is 0.416 e. The molecule has 7 rings (SSSR count). The molecule has 1 amide bonds. The molecule has 48 heavy (non-hydrogen) atoms. The standard InChI is InChI=1S/C39H41F3N2O4/c1-3-21-43-23-20-37-34-28-15-16-31(47-2)35(34)48-36(37)30(18-19-38(37,46)32(43)25-28)44(22-8-12-26-9-5-4-6-10-26)33(45)17-14-27-11-7-13-29(24-27)39(40,41)42/h3-7,9-11,13-17,24,30,32,36,46H,1,8,12,18-23,25H2,2H3/b17-14+/t30?,32-,36?,37+,38-/m1/s1. The molecule has 0 aromatic heterocycles. The highest BCUT2D eigenvalue weighted by atomic mass is 19.4. The number of likely N-dealkylation sites (tertiary alicyclic amines) is 1. The van der Waals surface area contributed by atoms with Crippen LogP contribution in [0.1, 0.15) is 53.5 Å². The van der Waals surface area contributed by atoms with Crippen LogP contribution in [0.15, 0.2) is 85.5 Å². The fraction of sp³-hybridized carbons (Fsp3) is 0.410. The normalized spacial score (nSPS) is 27.3. The predicted octanol–water partition coefficient (Wildman–Crippen LogP) is 6.60. The van der Waals surface area contributed by atoms with Crippen LogP contribution in [-0.4, -0.2) is 71.3 Å². The van der Waals surface area contributed by atoms with E-state index >= 15 is 0 Å². The highest BCUT2D eigenvalue weighted by molar-refractivity contribution is 5.92. The zero-order valence-corrected chi connectivity index (χ0v) is 27.1. The summed E-state index contributed by atoms with van der Waals surface area (Å²) in [5, 5.41) is 12.9. The van der Waals surface area contributed by atoms with Crippen molar-refractivity contribution in [3.05, 3.63) is 113 Å². The lowest BCUT2D eigenvalue weighted by molar-refractivity contribution is -0.199. The van der Waals surface area contributed by atoms with Gasteiger partial charge in [0, 0.05) is 30.8 Å². The van der Waals surface area contributed by atoms with Crippen LogP contribution in [0.2, 0.25) is 0 Å². The lowest BCUT2D eigenvalue weighted by Gasteiger charge is -2.64. The number of aliphatic hydroxyl groups is 1. The van der Waals surface area contributed by atoms with Gasteiger partial charge in [-0.2, -0.15) is 13.2 Å². The molecule has 1 saturated carbocycles. The monoisotopic (exact) mass is 658 g/mol. The van der Waals surface area contributed by atoms with Gasteiger partial charge in [-0.3, -0.25) is 9.69 Å². The number of aryl methyl sites for hydroxylation is 1. The summed E-state index contributed by atoms with van der Waals surface area (Å²) in [4.78, 5) is 18.4. The van der Waals surface area contributed by atoms with Gasteiger partial charge in [-0.15, -0.1) is 6.58 Å². The Kier molecular flexibility index (Phi) is 8.40. The Balaban J connectivity index is 1.26. The van der Waals surface area contributed by atoms with Gasteiger partial charge < -0.3 is 19.5 Å². The first kappa shape index (κ1) is 32.5. The second-order valence-corrected chi connectivity index (χ2v) is 13.5. The Morgan fingerprint density at radius 3 is 2.71 bits per heavy atom. The molecule has 2 heterocycles. The molecule has 2 aliphatic heterocycles. The van der Waals surface area contributed by atoms with Gasteiger partial charge in [0.05, 0.1) is 29.7 Å². The van der Waals surface area contributed by atoms with E-state index in [1.165, 1.54) is 18.2 Å². The maximum absolute atomic E-state index is 14.2. The van der Waals surface area contributed by atoms with Crippen molar-refractivity contribution in [2.24, 2.45) is 0 Å². The zero-order chi connectivity index (χ0) is 33.7. The first-order chi connectivity index (χ1) is 23.1. The van der Waals surface area contributed by atoms with Crippen LogP contribution in [0.25, 0.3) is 6.08 Å². The van der Waals surface area contributed by atoms with E-state index in [9.17, 15) is 23.1 Å². The molecule has 3 aromatic rings. The molecular formula is C39H41F3N2O4. The molecule has 0 radical (unpaired) electrons. The molecule has 5 atom stereocenters. The molecule has 1 saturated heterocycles. The summed E-state index contributed by atoms with van der Waals surface area (Å²) in [7, 11) is 1.61. The van der Waals surface area contributed by atoms with Gasteiger partial charge in [-0.1, -0.05) is 54.6 Å². The van der Waals surface area contributed by atoms with E-state index in [-0.39, 0.29) is 18.0 Å². The molecule has 2 bridgehead atoms. The number of alkyl halides is 3. The van der Waals surface area contributed by atoms with E-state index in [1.807, 2.05) is 35.2 Å². The summed E-state index contributed by atoms with van der Waals surface area (Å²) >= 11 is 0. The number of hydrogen-bond acceptors (Lipinski definition) is 5. The maximum atomic E-state index is 14.2. The summed E-state index contributed by atoms with van der Waals surface area (Å²) < 4.78 is 53.0. The van der Waals surface area contributed by atoms with Gasteiger partial charge in [-0.25, -0.2) is 0 Å². The third kappa shape index (κ3) is 5.22. The quantitative estimate of drug-likeness (QED) is 0.197. The van der Waals surface area contributed by atoms with Gasteiger partial charge in [-0.05, 0) is 86.0 Å². The van der Waals surface area contributed by atoms with Crippen LogP contribution in [0.3, 0.4) is 0 Å². The number of benzene rings is 3. The largest absolute Gasteiger partial charge is 0.493 e. The highest BCUT2D eigenvalue weighted by Gasteiger charge is 2.73. The minimum Gasteiger partial charge on any atom is -0.493 e. The average Bonchev–Trinajstić information content (AvgIpc) is 3.43. The maximum Gasteiger partial charge on any atom is 0.416 e. The van der Waals surface area contributed by atoms with Crippen molar-refractivity contribution >= 4 is 12.0 Å². The topological polar surface area (TPSA) is 62.2 Å². The van der Waals surface area contributed by atoms with Crippen LogP contribution in [-0.2, 0) is 29.2 Å². The van der Waals surface area contributed by atoms with Gasteiger partial charge in [0.1, 0.15) is 6.10 Å². The molecule has 9 heteroatoms. The van der Waals surface area contributed by atoms with E-state index in [1.54, 1.807) is 13.2 Å². The Bertz CT molecular complexity index is 1730. The van der Waals surface area contributed by atoms with Crippen molar-refractivity contribution < 1.29 is 32.5 Å². The van der Waals surface area contributed by atoms with Crippen LogP contribution < -0.4 is 9.47 Å². The third-order valence-electron chi connectivity index (χ3n) is 11.1. The number of rotatable bonds is 10. The SMILES string of the molecule is C=CCN1CC[C@]23c4c5ccc(OC)c4OC2C(N(CCCc2ccccc2)C(=O)/C=C/c2cccc(C(F)(F)F)c2)CC[C@@]3(O)[C@H]1C5. The van der Waals surface area contributed by atoms with Gasteiger partial charge >= 0.3 is 6.18 Å². The van der Waals surface area contributed by atoms with Crippen LogP contribution >= 0.6 is 0 Å². The van der Waals surface area contributed by atoms with Gasteiger partial charge in [0.15, 0.2) is 11.5 Å². The van der Waals surface area contributed by atoms with Crippen LogP contribution in [0.5, 0.6) is 11.5 Å². The predicted molar refractivity (Wildman–Crippen MR) is 178 cm³/mol. The second-order valence-electron chi connectivity index (χ2n) is 13.5. The Labute approximate surface area is 279 Å². The summed E-state index contributed by atoms with van der Waals surface area (Å²) in [6.45, 7) is 5.81. The zero-order valence-electron chi connectivity index (χ0n) is 27.1. The molecule has 6 nitrogen and oxygen atoms in total. The van der Waals surface area contributed by atoms with Crippen molar-refractivity contribution in [2.75, 3.05) is 26.7 Å².